The van der Waals surface area contributed by atoms with E-state index in [2.05, 4.69) is 26.9 Å². The lowest BCUT2D eigenvalue weighted by molar-refractivity contribution is 0.0674. The van der Waals surface area contributed by atoms with E-state index in [1.807, 2.05) is 24.4 Å². The number of ether oxygens (including phenoxy) is 3. The van der Waals surface area contributed by atoms with Gasteiger partial charge in [0.25, 0.3) is 0 Å². The van der Waals surface area contributed by atoms with E-state index in [0.717, 1.165) is 82.8 Å². The van der Waals surface area contributed by atoms with Crippen LogP contribution in [0.4, 0.5) is 5.95 Å². The summed E-state index contributed by atoms with van der Waals surface area (Å²) in [5.74, 6) is 1.68. The van der Waals surface area contributed by atoms with Crippen molar-refractivity contribution in [3.05, 3.63) is 47.8 Å². The number of hydrogen-bond donors (Lipinski definition) is 0. The molecule has 0 aliphatic carbocycles. The molecular weight excluding hydrogens is 368 g/mol. The lowest BCUT2D eigenvalue weighted by atomic mass is 10.1. The highest BCUT2D eigenvalue weighted by molar-refractivity contribution is 5.31. The molecule has 0 unspecified atom stereocenters. The molecule has 7 heteroatoms. The smallest absolute Gasteiger partial charge is 0.225 e. The van der Waals surface area contributed by atoms with Gasteiger partial charge in [-0.2, -0.15) is 0 Å². The summed E-state index contributed by atoms with van der Waals surface area (Å²) < 4.78 is 16.6. The van der Waals surface area contributed by atoms with Crippen molar-refractivity contribution in [2.45, 2.75) is 32.0 Å². The number of nitrogens with zero attached hydrogens (tertiary/aromatic N) is 4. The second-order valence-electron chi connectivity index (χ2n) is 7.60. The quantitative estimate of drug-likeness (QED) is 0.677. The molecule has 0 N–H and O–H groups in total. The van der Waals surface area contributed by atoms with Crippen molar-refractivity contribution in [3.8, 4) is 5.75 Å². The average Bonchev–Trinajstić information content (AvgIpc) is 3.28. The van der Waals surface area contributed by atoms with Crippen LogP contribution >= 0.6 is 0 Å². The Labute approximate surface area is 172 Å². The molecule has 156 valence electrons. The Morgan fingerprint density at radius 2 is 1.93 bits per heavy atom. The Morgan fingerprint density at radius 1 is 1.10 bits per heavy atom. The van der Waals surface area contributed by atoms with Gasteiger partial charge in [0, 0.05) is 45.5 Å². The molecule has 0 radical (unpaired) electrons. The maximum Gasteiger partial charge on any atom is 0.225 e. The fourth-order valence-corrected chi connectivity index (χ4v) is 3.87. The summed E-state index contributed by atoms with van der Waals surface area (Å²) in [4.78, 5) is 13.9. The van der Waals surface area contributed by atoms with Crippen molar-refractivity contribution >= 4 is 5.95 Å². The molecule has 0 spiro atoms. The van der Waals surface area contributed by atoms with Crippen LogP contribution in [-0.2, 0) is 22.6 Å². The third kappa shape index (κ3) is 5.65. The molecule has 2 aromatic rings. The van der Waals surface area contributed by atoms with E-state index in [1.54, 1.807) is 7.11 Å². The van der Waals surface area contributed by atoms with Gasteiger partial charge >= 0.3 is 0 Å². The monoisotopic (exact) mass is 398 g/mol. The number of benzene rings is 1. The van der Waals surface area contributed by atoms with E-state index >= 15 is 0 Å². The first kappa shape index (κ1) is 20.1. The van der Waals surface area contributed by atoms with E-state index in [-0.39, 0.29) is 0 Å². The highest BCUT2D eigenvalue weighted by atomic mass is 16.5. The van der Waals surface area contributed by atoms with Gasteiger partial charge < -0.3 is 19.1 Å². The molecule has 3 heterocycles. The lowest BCUT2D eigenvalue weighted by Gasteiger charge is -2.28. The van der Waals surface area contributed by atoms with Gasteiger partial charge in [-0.3, -0.25) is 4.90 Å². The molecule has 2 aliphatic rings. The Kier molecular flexibility index (Phi) is 6.92. The predicted octanol–water partition coefficient (Wildman–Crippen LogP) is 2.50. The van der Waals surface area contributed by atoms with Crippen molar-refractivity contribution < 1.29 is 14.2 Å². The summed E-state index contributed by atoms with van der Waals surface area (Å²) >= 11 is 0. The molecule has 1 aromatic heterocycles. The van der Waals surface area contributed by atoms with Gasteiger partial charge in [-0.05, 0) is 36.6 Å². The van der Waals surface area contributed by atoms with E-state index in [1.165, 1.54) is 5.56 Å². The van der Waals surface area contributed by atoms with E-state index in [4.69, 9.17) is 19.2 Å². The van der Waals surface area contributed by atoms with Crippen molar-refractivity contribution in [2.24, 2.45) is 0 Å². The van der Waals surface area contributed by atoms with E-state index in [0.29, 0.717) is 6.10 Å². The highest BCUT2D eigenvalue weighted by Gasteiger charge is 2.21. The molecule has 4 rings (SSSR count). The van der Waals surface area contributed by atoms with Gasteiger partial charge in [0.2, 0.25) is 5.95 Å². The van der Waals surface area contributed by atoms with Crippen molar-refractivity contribution in [1.82, 2.24) is 14.9 Å². The van der Waals surface area contributed by atoms with Crippen LogP contribution < -0.4 is 9.64 Å². The fourth-order valence-electron chi connectivity index (χ4n) is 3.87. The predicted molar refractivity (Wildman–Crippen MR) is 111 cm³/mol. The zero-order valence-corrected chi connectivity index (χ0v) is 17.1. The number of methoxy groups -OCH3 is 1. The minimum atomic E-state index is 0.300. The molecule has 1 atom stereocenters. The fraction of sp³-hybridized carbons (Fsp3) is 0.545. The van der Waals surface area contributed by atoms with Gasteiger partial charge in [-0.25, -0.2) is 9.97 Å². The van der Waals surface area contributed by atoms with E-state index < -0.39 is 0 Å². The number of rotatable bonds is 8. The van der Waals surface area contributed by atoms with Crippen LogP contribution in [0, 0.1) is 0 Å². The van der Waals surface area contributed by atoms with Crippen LogP contribution in [-0.4, -0.2) is 67.5 Å². The summed E-state index contributed by atoms with van der Waals surface area (Å²) in [7, 11) is 1.69. The standard InChI is InChI=1S/C22H30N4O3/c1-27-20-6-4-18(5-7-20)15-25(17-21-3-2-12-29-21)16-19-8-9-23-22(24-19)26-10-13-28-14-11-26/h4-9,21H,2-3,10-17H2,1H3/t21-/m0/s1. The van der Waals surface area contributed by atoms with Crippen LogP contribution in [0.2, 0.25) is 0 Å². The normalized spacial score (nSPS) is 19.7. The molecule has 7 nitrogen and oxygen atoms in total. The summed E-state index contributed by atoms with van der Waals surface area (Å²) in [5, 5.41) is 0. The minimum Gasteiger partial charge on any atom is -0.497 e. The third-order valence-corrected chi connectivity index (χ3v) is 5.43. The highest BCUT2D eigenvalue weighted by Crippen LogP contribution is 2.19. The minimum absolute atomic E-state index is 0.300. The van der Waals surface area contributed by atoms with Crippen molar-refractivity contribution in [1.29, 1.82) is 0 Å². The van der Waals surface area contributed by atoms with E-state index in [9.17, 15) is 0 Å². The first-order valence-electron chi connectivity index (χ1n) is 10.4. The molecule has 2 saturated heterocycles. The topological polar surface area (TPSA) is 60.0 Å². The van der Waals surface area contributed by atoms with Gasteiger partial charge in [0.15, 0.2) is 0 Å². The molecule has 2 fully saturated rings. The molecular formula is C22H30N4O3. The Bertz CT molecular complexity index is 759. The van der Waals surface area contributed by atoms with Crippen LogP contribution in [0.3, 0.4) is 0 Å². The van der Waals surface area contributed by atoms with Gasteiger partial charge in [-0.1, -0.05) is 12.1 Å². The van der Waals surface area contributed by atoms with Crippen molar-refractivity contribution in [3.63, 3.8) is 0 Å². The van der Waals surface area contributed by atoms with Crippen molar-refractivity contribution in [2.75, 3.05) is 51.5 Å². The second-order valence-corrected chi connectivity index (χ2v) is 7.60. The zero-order valence-electron chi connectivity index (χ0n) is 17.1. The van der Waals surface area contributed by atoms with Crippen LogP contribution in [0.1, 0.15) is 24.1 Å². The number of anilines is 1. The third-order valence-electron chi connectivity index (χ3n) is 5.43. The van der Waals surface area contributed by atoms with Gasteiger partial charge in [0.05, 0.1) is 32.1 Å². The first-order valence-corrected chi connectivity index (χ1v) is 10.4. The Morgan fingerprint density at radius 3 is 2.66 bits per heavy atom. The molecule has 0 amide bonds. The molecule has 0 saturated carbocycles. The summed E-state index contributed by atoms with van der Waals surface area (Å²) in [6.07, 6.45) is 4.44. The first-order chi connectivity index (χ1) is 14.3. The number of morpholine rings is 1. The van der Waals surface area contributed by atoms with Gasteiger partial charge in [-0.15, -0.1) is 0 Å². The summed E-state index contributed by atoms with van der Waals surface area (Å²) in [6, 6.07) is 10.3. The Hall–Kier alpha value is -2.22. The zero-order chi connectivity index (χ0) is 19.9. The van der Waals surface area contributed by atoms with Crippen LogP contribution in [0.15, 0.2) is 36.5 Å². The molecule has 1 aromatic carbocycles. The maximum absolute atomic E-state index is 5.90. The number of aromatic nitrogens is 2. The average molecular weight is 399 g/mol. The summed E-state index contributed by atoms with van der Waals surface area (Å²) in [5.41, 5.74) is 2.29. The second kappa shape index (κ2) is 10.0. The molecule has 0 bridgehead atoms. The van der Waals surface area contributed by atoms with Crippen LogP contribution in [0.25, 0.3) is 0 Å². The molecule has 29 heavy (non-hydrogen) atoms. The summed E-state index contributed by atoms with van der Waals surface area (Å²) in [6.45, 7) is 6.54. The largest absolute Gasteiger partial charge is 0.497 e. The van der Waals surface area contributed by atoms with Gasteiger partial charge in [0.1, 0.15) is 5.75 Å². The lowest BCUT2D eigenvalue weighted by Crippen LogP contribution is -2.37. The maximum atomic E-state index is 5.90. The van der Waals surface area contributed by atoms with Crippen LogP contribution in [0.5, 0.6) is 5.75 Å². The number of hydrogen-bond acceptors (Lipinski definition) is 7. The Balaban J connectivity index is 1.46. The SMILES string of the molecule is COc1ccc(CN(Cc2ccnc(N3CCOCC3)n2)C[C@@H]2CCCO2)cc1. The molecule has 2 aliphatic heterocycles.